The van der Waals surface area contributed by atoms with Gasteiger partial charge in [0.1, 0.15) is 18.7 Å². The smallest absolute Gasteiger partial charge is 0.170 e. The summed E-state index contributed by atoms with van der Waals surface area (Å²) in [5.41, 5.74) is 8.13. The Labute approximate surface area is 107 Å². The second-order valence-corrected chi connectivity index (χ2v) is 4.48. The Kier molecular flexibility index (Phi) is 3.62. The summed E-state index contributed by atoms with van der Waals surface area (Å²) >= 11 is 0. The summed E-state index contributed by atoms with van der Waals surface area (Å²) in [7, 11) is 1.89. The van der Waals surface area contributed by atoms with E-state index in [4.69, 9.17) is 10.5 Å². The van der Waals surface area contributed by atoms with Crippen LogP contribution in [0.1, 0.15) is 29.9 Å². The molecule has 1 aromatic carbocycles. The van der Waals surface area contributed by atoms with Crippen molar-refractivity contribution in [2.45, 2.75) is 26.5 Å². The lowest BCUT2D eigenvalue weighted by Crippen LogP contribution is -2.09. The normalized spacial score (nSPS) is 12.4. The molecular weight excluding hydrogens is 228 g/mol. The van der Waals surface area contributed by atoms with Crippen LogP contribution in [0.25, 0.3) is 0 Å². The third kappa shape index (κ3) is 2.68. The largest absolute Gasteiger partial charge is 0.485 e. The van der Waals surface area contributed by atoms with Crippen LogP contribution in [0, 0.1) is 6.92 Å². The van der Waals surface area contributed by atoms with Gasteiger partial charge in [-0.05, 0) is 19.9 Å². The molecule has 18 heavy (non-hydrogen) atoms. The van der Waals surface area contributed by atoms with Gasteiger partial charge in [0, 0.05) is 18.7 Å². The second kappa shape index (κ2) is 5.18. The van der Waals surface area contributed by atoms with Crippen LogP contribution in [0.5, 0.6) is 5.75 Å². The van der Waals surface area contributed by atoms with Crippen LogP contribution >= 0.6 is 0 Å². The van der Waals surface area contributed by atoms with E-state index in [1.165, 1.54) is 5.56 Å². The zero-order valence-electron chi connectivity index (χ0n) is 10.9. The van der Waals surface area contributed by atoms with E-state index in [2.05, 4.69) is 16.3 Å². The Morgan fingerprint density at radius 3 is 2.83 bits per heavy atom. The summed E-state index contributed by atoms with van der Waals surface area (Å²) in [5, 5.41) is 7.79. The van der Waals surface area contributed by atoms with Gasteiger partial charge in [-0.25, -0.2) is 0 Å². The average molecular weight is 246 g/mol. The number of hydrogen-bond acceptors (Lipinski definition) is 4. The van der Waals surface area contributed by atoms with Gasteiger partial charge >= 0.3 is 0 Å². The highest BCUT2D eigenvalue weighted by atomic mass is 16.5. The zero-order valence-corrected chi connectivity index (χ0v) is 10.9. The van der Waals surface area contributed by atoms with Crippen molar-refractivity contribution in [2.24, 2.45) is 12.8 Å². The molecule has 2 N–H and O–H groups in total. The number of benzene rings is 1. The maximum Gasteiger partial charge on any atom is 0.170 e. The monoisotopic (exact) mass is 246 g/mol. The van der Waals surface area contributed by atoms with Gasteiger partial charge < -0.3 is 15.0 Å². The van der Waals surface area contributed by atoms with E-state index in [1.54, 1.807) is 6.33 Å². The molecule has 0 aliphatic heterocycles. The van der Waals surface area contributed by atoms with Crippen LogP contribution in [0.4, 0.5) is 0 Å². The van der Waals surface area contributed by atoms with Gasteiger partial charge in [-0.3, -0.25) is 0 Å². The first-order valence-electron chi connectivity index (χ1n) is 5.89. The maximum absolute atomic E-state index is 5.95. The molecule has 0 amide bonds. The molecule has 0 aliphatic carbocycles. The molecule has 0 fully saturated rings. The lowest BCUT2D eigenvalue weighted by molar-refractivity contribution is 0.287. The van der Waals surface area contributed by atoms with Crippen molar-refractivity contribution < 1.29 is 4.74 Å². The first-order valence-corrected chi connectivity index (χ1v) is 5.89. The maximum atomic E-state index is 5.95. The van der Waals surface area contributed by atoms with E-state index in [0.29, 0.717) is 6.61 Å². The van der Waals surface area contributed by atoms with Crippen molar-refractivity contribution in [3.8, 4) is 5.75 Å². The summed E-state index contributed by atoms with van der Waals surface area (Å²) in [5.74, 6) is 1.59. The summed E-state index contributed by atoms with van der Waals surface area (Å²) in [6.45, 7) is 4.38. The van der Waals surface area contributed by atoms with Gasteiger partial charge in [-0.1, -0.05) is 17.7 Å². The van der Waals surface area contributed by atoms with Crippen molar-refractivity contribution >= 4 is 0 Å². The van der Waals surface area contributed by atoms with Crippen LogP contribution in [0.3, 0.4) is 0 Å². The van der Waals surface area contributed by atoms with Crippen molar-refractivity contribution in [1.29, 1.82) is 0 Å². The van der Waals surface area contributed by atoms with Gasteiger partial charge in [-0.2, -0.15) is 0 Å². The van der Waals surface area contributed by atoms with Crippen LogP contribution in [-0.2, 0) is 13.7 Å². The number of rotatable bonds is 4. The standard InChI is InChI=1S/C13H18N4O/c1-9-4-5-12(11(6-9)10(2)14)18-7-13-16-15-8-17(13)3/h4-6,8,10H,7,14H2,1-3H3. The second-order valence-electron chi connectivity index (χ2n) is 4.48. The summed E-state index contributed by atoms with van der Waals surface area (Å²) < 4.78 is 7.61. The molecule has 0 aliphatic rings. The Morgan fingerprint density at radius 2 is 2.22 bits per heavy atom. The topological polar surface area (TPSA) is 66.0 Å². The van der Waals surface area contributed by atoms with E-state index in [-0.39, 0.29) is 6.04 Å². The number of aromatic nitrogens is 3. The Balaban J connectivity index is 2.16. The van der Waals surface area contributed by atoms with E-state index in [9.17, 15) is 0 Å². The van der Waals surface area contributed by atoms with Crippen LogP contribution in [0.15, 0.2) is 24.5 Å². The molecule has 96 valence electrons. The van der Waals surface area contributed by atoms with E-state index < -0.39 is 0 Å². The van der Waals surface area contributed by atoms with E-state index in [1.807, 2.05) is 37.6 Å². The Morgan fingerprint density at radius 1 is 1.44 bits per heavy atom. The Bertz CT molecular complexity index is 534. The SMILES string of the molecule is Cc1ccc(OCc2nncn2C)c(C(C)N)c1. The van der Waals surface area contributed by atoms with E-state index >= 15 is 0 Å². The number of nitrogens with two attached hydrogens (primary N) is 1. The minimum atomic E-state index is -0.0561. The molecule has 0 bridgehead atoms. The lowest BCUT2D eigenvalue weighted by atomic mass is 10.1. The number of nitrogens with zero attached hydrogens (tertiary/aromatic N) is 3. The van der Waals surface area contributed by atoms with E-state index in [0.717, 1.165) is 17.1 Å². The molecule has 0 saturated heterocycles. The van der Waals surface area contributed by atoms with Crippen LogP contribution in [0.2, 0.25) is 0 Å². The fourth-order valence-corrected chi connectivity index (χ4v) is 1.74. The summed E-state index contributed by atoms with van der Waals surface area (Å²) in [6.07, 6.45) is 1.65. The van der Waals surface area contributed by atoms with Gasteiger partial charge in [0.05, 0.1) is 0 Å². The van der Waals surface area contributed by atoms with Crippen molar-refractivity contribution in [3.63, 3.8) is 0 Å². The van der Waals surface area contributed by atoms with Crippen molar-refractivity contribution in [2.75, 3.05) is 0 Å². The third-order valence-electron chi connectivity index (χ3n) is 2.82. The molecule has 1 unspecified atom stereocenters. The predicted octanol–water partition coefficient (Wildman–Crippen LogP) is 1.72. The predicted molar refractivity (Wildman–Crippen MR) is 69.1 cm³/mol. The first-order chi connectivity index (χ1) is 8.58. The van der Waals surface area contributed by atoms with Crippen molar-refractivity contribution in [3.05, 3.63) is 41.5 Å². The molecule has 0 spiro atoms. The highest BCUT2D eigenvalue weighted by Crippen LogP contribution is 2.25. The molecule has 1 aromatic heterocycles. The quantitative estimate of drug-likeness (QED) is 0.892. The minimum Gasteiger partial charge on any atom is -0.485 e. The van der Waals surface area contributed by atoms with Gasteiger partial charge in [0.25, 0.3) is 0 Å². The Hall–Kier alpha value is -1.88. The number of aryl methyl sites for hydroxylation is 2. The van der Waals surface area contributed by atoms with Crippen molar-refractivity contribution in [1.82, 2.24) is 14.8 Å². The first kappa shape index (κ1) is 12.6. The summed E-state index contributed by atoms with van der Waals surface area (Å²) in [6, 6.07) is 5.96. The fourth-order valence-electron chi connectivity index (χ4n) is 1.74. The molecule has 1 atom stereocenters. The van der Waals surface area contributed by atoms with Gasteiger partial charge in [0.2, 0.25) is 0 Å². The summed E-state index contributed by atoms with van der Waals surface area (Å²) in [4.78, 5) is 0. The van der Waals surface area contributed by atoms with Crippen LogP contribution < -0.4 is 10.5 Å². The number of ether oxygens (including phenoxy) is 1. The molecule has 5 heteroatoms. The fraction of sp³-hybridized carbons (Fsp3) is 0.385. The van der Waals surface area contributed by atoms with Crippen LogP contribution in [-0.4, -0.2) is 14.8 Å². The average Bonchev–Trinajstić information content (AvgIpc) is 2.73. The molecule has 2 rings (SSSR count). The van der Waals surface area contributed by atoms with Gasteiger partial charge in [0.15, 0.2) is 5.82 Å². The lowest BCUT2D eigenvalue weighted by Gasteiger charge is -2.14. The molecule has 1 heterocycles. The highest BCUT2D eigenvalue weighted by Gasteiger charge is 2.10. The molecule has 0 saturated carbocycles. The molecular formula is C13H18N4O. The third-order valence-corrected chi connectivity index (χ3v) is 2.82. The minimum absolute atomic E-state index is 0.0561. The number of hydrogen-bond donors (Lipinski definition) is 1. The highest BCUT2D eigenvalue weighted by molar-refractivity contribution is 5.38. The molecule has 0 radical (unpaired) electrons. The van der Waals surface area contributed by atoms with Gasteiger partial charge in [-0.15, -0.1) is 10.2 Å². The molecule has 2 aromatic rings. The molecule has 5 nitrogen and oxygen atoms in total. The zero-order chi connectivity index (χ0) is 13.1.